The lowest BCUT2D eigenvalue weighted by atomic mass is 10.2. The fraction of sp³-hybridized carbons (Fsp3) is 0.211. The van der Waals surface area contributed by atoms with E-state index in [1.54, 1.807) is 12.0 Å². The number of hydrogen-bond acceptors (Lipinski definition) is 6. The smallest absolute Gasteiger partial charge is 0.237 e. The van der Waals surface area contributed by atoms with Crippen LogP contribution in [0.1, 0.15) is 6.92 Å². The predicted molar refractivity (Wildman–Crippen MR) is 107 cm³/mol. The fourth-order valence-corrected chi connectivity index (χ4v) is 3.44. The van der Waals surface area contributed by atoms with Gasteiger partial charge in [-0.05, 0) is 31.2 Å². The Morgan fingerprint density at radius 3 is 2.56 bits per heavy atom. The molecule has 0 spiro atoms. The number of hydrogen-bond donors (Lipinski definition) is 1. The molecule has 3 rings (SSSR count). The summed E-state index contributed by atoms with van der Waals surface area (Å²) in [5.74, 6) is 7.49. The number of anilines is 1. The molecule has 1 amide bonds. The number of methoxy groups -OCH3 is 1. The first-order valence-electron chi connectivity index (χ1n) is 8.47. The quantitative estimate of drug-likeness (QED) is 0.499. The molecule has 0 saturated heterocycles. The number of carbonyl (C=O) groups is 1. The molecule has 0 unspecified atom stereocenters. The molecule has 2 N–H and O–H groups in total. The number of nitrogens with two attached hydrogens (primary N) is 1. The van der Waals surface area contributed by atoms with Crippen LogP contribution in [0.2, 0.25) is 0 Å². The van der Waals surface area contributed by atoms with Gasteiger partial charge >= 0.3 is 0 Å². The first kappa shape index (κ1) is 18.8. The van der Waals surface area contributed by atoms with E-state index < -0.39 is 0 Å². The molecule has 1 aromatic heterocycles. The molecule has 0 saturated carbocycles. The zero-order chi connectivity index (χ0) is 19.2. The van der Waals surface area contributed by atoms with Crippen molar-refractivity contribution in [1.82, 2.24) is 14.9 Å². The van der Waals surface area contributed by atoms with Gasteiger partial charge in [0.2, 0.25) is 11.1 Å². The Bertz CT molecular complexity index is 913. The maximum absolute atomic E-state index is 12.6. The van der Waals surface area contributed by atoms with Gasteiger partial charge in [-0.3, -0.25) is 4.79 Å². The van der Waals surface area contributed by atoms with Gasteiger partial charge in [0.1, 0.15) is 5.75 Å². The number of carbonyl (C=O) groups excluding carboxylic acids is 1. The van der Waals surface area contributed by atoms with Crippen molar-refractivity contribution in [2.75, 3.05) is 30.1 Å². The SMILES string of the molecule is CCN(C(=O)CSc1nnc(-c2ccccc2OC)n1N)c1ccccc1. The van der Waals surface area contributed by atoms with Crippen LogP contribution in [-0.2, 0) is 4.79 Å². The van der Waals surface area contributed by atoms with Crippen LogP contribution < -0.4 is 15.5 Å². The number of thioether (sulfide) groups is 1. The van der Waals surface area contributed by atoms with Crippen molar-refractivity contribution >= 4 is 23.4 Å². The first-order valence-corrected chi connectivity index (χ1v) is 9.46. The number of para-hydroxylation sites is 2. The summed E-state index contributed by atoms with van der Waals surface area (Å²) in [6.07, 6.45) is 0. The van der Waals surface area contributed by atoms with Crippen molar-refractivity contribution in [3.63, 3.8) is 0 Å². The third kappa shape index (κ3) is 4.06. The Hall–Kier alpha value is -3.00. The van der Waals surface area contributed by atoms with E-state index in [2.05, 4.69) is 10.2 Å². The Labute approximate surface area is 162 Å². The van der Waals surface area contributed by atoms with E-state index in [4.69, 9.17) is 10.6 Å². The van der Waals surface area contributed by atoms with Crippen molar-refractivity contribution < 1.29 is 9.53 Å². The van der Waals surface area contributed by atoms with Crippen LogP contribution >= 0.6 is 11.8 Å². The average molecular weight is 383 g/mol. The normalized spacial score (nSPS) is 10.6. The summed E-state index contributed by atoms with van der Waals surface area (Å²) in [5, 5.41) is 8.75. The van der Waals surface area contributed by atoms with Gasteiger partial charge in [0, 0.05) is 12.2 Å². The van der Waals surface area contributed by atoms with Crippen LogP contribution in [0.25, 0.3) is 11.4 Å². The van der Waals surface area contributed by atoms with Gasteiger partial charge in [-0.25, -0.2) is 4.68 Å². The summed E-state index contributed by atoms with van der Waals surface area (Å²) in [7, 11) is 1.59. The first-order chi connectivity index (χ1) is 13.2. The van der Waals surface area contributed by atoms with Crippen LogP contribution in [0, 0.1) is 0 Å². The third-order valence-electron chi connectivity index (χ3n) is 4.02. The molecule has 0 aliphatic carbocycles. The summed E-state index contributed by atoms with van der Waals surface area (Å²) in [6.45, 7) is 2.53. The zero-order valence-corrected chi connectivity index (χ0v) is 16.0. The molecule has 0 bridgehead atoms. The molecular weight excluding hydrogens is 362 g/mol. The van der Waals surface area contributed by atoms with Crippen LogP contribution in [0.3, 0.4) is 0 Å². The van der Waals surface area contributed by atoms with Crippen LogP contribution in [0.5, 0.6) is 5.75 Å². The minimum absolute atomic E-state index is 0.0180. The molecule has 27 heavy (non-hydrogen) atoms. The van der Waals surface area contributed by atoms with E-state index in [9.17, 15) is 4.79 Å². The molecule has 0 radical (unpaired) electrons. The topological polar surface area (TPSA) is 86.3 Å². The molecule has 2 aromatic carbocycles. The number of rotatable bonds is 7. The highest BCUT2D eigenvalue weighted by molar-refractivity contribution is 7.99. The second-order valence-corrected chi connectivity index (χ2v) is 6.58. The number of aromatic nitrogens is 3. The number of benzene rings is 2. The maximum Gasteiger partial charge on any atom is 0.237 e. The highest BCUT2D eigenvalue weighted by atomic mass is 32.2. The molecular formula is C19H21N5O2S. The van der Waals surface area contributed by atoms with E-state index in [1.807, 2.05) is 61.5 Å². The fourth-order valence-electron chi connectivity index (χ4n) is 2.70. The Morgan fingerprint density at radius 1 is 1.15 bits per heavy atom. The summed E-state index contributed by atoms with van der Waals surface area (Å²) in [5.41, 5.74) is 1.61. The Kier molecular flexibility index (Phi) is 5.97. The lowest BCUT2D eigenvalue weighted by Crippen LogP contribution is -2.32. The standard InChI is InChI=1S/C19H21N5O2S/c1-3-23(14-9-5-4-6-10-14)17(25)13-27-19-22-21-18(24(19)20)15-11-7-8-12-16(15)26-2/h4-12H,3,13,20H2,1-2H3. The summed E-state index contributed by atoms with van der Waals surface area (Å²) < 4.78 is 6.74. The minimum Gasteiger partial charge on any atom is -0.496 e. The number of nitrogen functional groups attached to an aromatic ring is 1. The summed E-state index contributed by atoms with van der Waals surface area (Å²) in [4.78, 5) is 14.4. The average Bonchev–Trinajstić information content (AvgIpc) is 3.08. The van der Waals surface area contributed by atoms with E-state index in [0.717, 1.165) is 11.3 Å². The molecule has 140 valence electrons. The second kappa shape index (κ2) is 8.59. The van der Waals surface area contributed by atoms with Gasteiger partial charge in [0.25, 0.3) is 0 Å². The van der Waals surface area contributed by atoms with Crippen molar-refractivity contribution in [2.45, 2.75) is 12.1 Å². The lowest BCUT2D eigenvalue weighted by Gasteiger charge is -2.20. The van der Waals surface area contributed by atoms with Gasteiger partial charge in [-0.15, -0.1) is 10.2 Å². The van der Waals surface area contributed by atoms with Gasteiger partial charge in [0.05, 0.1) is 18.4 Å². The molecule has 7 nitrogen and oxygen atoms in total. The van der Waals surface area contributed by atoms with Crippen molar-refractivity contribution in [3.05, 3.63) is 54.6 Å². The second-order valence-electron chi connectivity index (χ2n) is 5.64. The molecule has 0 atom stereocenters. The van der Waals surface area contributed by atoms with E-state index in [0.29, 0.717) is 23.3 Å². The molecule has 8 heteroatoms. The van der Waals surface area contributed by atoms with Gasteiger partial charge in [-0.2, -0.15) is 0 Å². The minimum atomic E-state index is -0.0180. The highest BCUT2D eigenvalue weighted by Gasteiger charge is 2.19. The highest BCUT2D eigenvalue weighted by Crippen LogP contribution is 2.29. The summed E-state index contributed by atoms with van der Waals surface area (Å²) >= 11 is 1.25. The van der Waals surface area contributed by atoms with Gasteiger partial charge < -0.3 is 15.5 Å². The third-order valence-corrected chi connectivity index (χ3v) is 4.95. The van der Waals surface area contributed by atoms with Crippen molar-refractivity contribution in [3.8, 4) is 17.1 Å². The zero-order valence-electron chi connectivity index (χ0n) is 15.2. The Morgan fingerprint density at radius 2 is 1.85 bits per heavy atom. The van der Waals surface area contributed by atoms with E-state index in [-0.39, 0.29) is 11.7 Å². The van der Waals surface area contributed by atoms with Crippen LogP contribution in [0.4, 0.5) is 5.69 Å². The number of ether oxygens (including phenoxy) is 1. The lowest BCUT2D eigenvalue weighted by molar-refractivity contribution is -0.116. The number of amides is 1. The Balaban J connectivity index is 1.74. The molecule has 3 aromatic rings. The summed E-state index contributed by atoms with van der Waals surface area (Å²) in [6, 6.07) is 17.0. The van der Waals surface area contributed by atoms with Gasteiger partial charge in [0.15, 0.2) is 5.82 Å². The predicted octanol–water partition coefficient (Wildman–Crippen LogP) is 2.81. The maximum atomic E-state index is 12.6. The largest absolute Gasteiger partial charge is 0.496 e. The van der Waals surface area contributed by atoms with E-state index in [1.165, 1.54) is 16.4 Å². The number of nitrogens with zero attached hydrogens (tertiary/aromatic N) is 4. The monoisotopic (exact) mass is 383 g/mol. The van der Waals surface area contributed by atoms with Crippen molar-refractivity contribution in [2.24, 2.45) is 0 Å². The van der Waals surface area contributed by atoms with Crippen LogP contribution in [-0.4, -0.2) is 40.2 Å². The molecule has 0 aliphatic rings. The molecule has 0 fully saturated rings. The van der Waals surface area contributed by atoms with Gasteiger partial charge in [-0.1, -0.05) is 42.1 Å². The molecule has 1 heterocycles. The molecule has 0 aliphatic heterocycles. The van der Waals surface area contributed by atoms with Crippen molar-refractivity contribution in [1.29, 1.82) is 0 Å². The van der Waals surface area contributed by atoms with Crippen LogP contribution in [0.15, 0.2) is 59.8 Å². The van der Waals surface area contributed by atoms with E-state index >= 15 is 0 Å².